The molecule has 0 spiro atoms. The zero-order valence-electron chi connectivity index (χ0n) is 19.7. The lowest BCUT2D eigenvalue weighted by Crippen LogP contribution is -2.55. The Labute approximate surface area is 203 Å². The van der Waals surface area contributed by atoms with Crippen LogP contribution in [0.1, 0.15) is 33.1 Å². The van der Waals surface area contributed by atoms with Gasteiger partial charge in [-0.05, 0) is 54.7 Å². The minimum Gasteiger partial charge on any atom is -0.483 e. The van der Waals surface area contributed by atoms with Crippen molar-refractivity contribution in [3.8, 4) is 16.9 Å². The number of amides is 1. The fraction of sp³-hybridized carbons (Fsp3) is 0.296. The normalized spacial score (nSPS) is 18.6. The fourth-order valence-electron chi connectivity index (χ4n) is 4.65. The van der Waals surface area contributed by atoms with Gasteiger partial charge in [-0.2, -0.15) is 5.10 Å². The van der Waals surface area contributed by atoms with E-state index in [-0.39, 0.29) is 11.9 Å². The highest BCUT2D eigenvalue weighted by Gasteiger charge is 2.36. The second kappa shape index (κ2) is 9.29. The van der Waals surface area contributed by atoms with Crippen LogP contribution in [-0.4, -0.2) is 41.5 Å². The Balaban J connectivity index is 0.000000591. The van der Waals surface area contributed by atoms with Gasteiger partial charge in [0.2, 0.25) is 0 Å². The summed E-state index contributed by atoms with van der Waals surface area (Å²) >= 11 is 0. The van der Waals surface area contributed by atoms with Crippen molar-refractivity contribution in [2.45, 2.75) is 45.2 Å². The molecule has 8 nitrogen and oxygen atoms in total. The van der Waals surface area contributed by atoms with Gasteiger partial charge in [-0.3, -0.25) is 9.59 Å². The number of nitrogens with zero attached hydrogens (tertiary/aromatic N) is 2. The minimum atomic E-state index is -0.833. The van der Waals surface area contributed by atoms with E-state index in [0.717, 1.165) is 35.4 Å². The number of hydrogen-bond acceptors (Lipinski definition) is 6. The molecule has 6 rings (SSSR count). The van der Waals surface area contributed by atoms with Crippen molar-refractivity contribution in [1.29, 1.82) is 0 Å². The zero-order valence-corrected chi connectivity index (χ0v) is 19.7. The van der Waals surface area contributed by atoms with Gasteiger partial charge in [0.15, 0.2) is 5.84 Å². The Morgan fingerprint density at radius 1 is 1.14 bits per heavy atom. The van der Waals surface area contributed by atoms with Gasteiger partial charge in [0.05, 0.1) is 5.69 Å². The molecule has 0 unspecified atom stereocenters. The van der Waals surface area contributed by atoms with Gasteiger partial charge in [0.25, 0.3) is 11.9 Å². The smallest absolute Gasteiger partial charge is 0.300 e. The maximum atomic E-state index is 12.3. The van der Waals surface area contributed by atoms with Crippen LogP contribution in [0.4, 0.5) is 11.4 Å². The Morgan fingerprint density at radius 3 is 2.63 bits per heavy atom. The van der Waals surface area contributed by atoms with E-state index >= 15 is 0 Å². The second-order valence-corrected chi connectivity index (χ2v) is 9.02. The number of ether oxygens (including phenoxy) is 1. The summed E-state index contributed by atoms with van der Waals surface area (Å²) in [7, 11) is 0. The number of amidine groups is 1. The highest BCUT2D eigenvalue weighted by atomic mass is 16.5. The number of anilines is 2. The standard InChI is InChI=1S/C25H24N4O2.C2H4O2/c1-15-25(30)28-27-24-14-31-23-12-20(19-11-4-7-16-6-2-3-10-18(16)19)21(13-22(23)29(15)24)26-17-8-5-9-17;1-2(3)4/h2-4,6-7,10-13,15,17,26H,5,8-9,14H2,1H3,(H,28,30);1H3,(H,3,4)/t15-;/m1./s1. The SMILES string of the molecule is CC(=O)O.C[C@@H]1C(=O)NN=C2COc3cc(-c4cccc5ccccc45)c(NC4CCC4)cc3N21. The third kappa shape index (κ3) is 4.39. The summed E-state index contributed by atoms with van der Waals surface area (Å²) < 4.78 is 6.10. The van der Waals surface area contributed by atoms with Crippen LogP contribution in [-0.2, 0) is 9.59 Å². The topological polar surface area (TPSA) is 103 Å². The van der Waals surface area contributed by atoms with E-state index in [1.165, 1.54) is 35.6 Å². The summed E-state index contributed by atoms with van der Waals surface area (Å²) in [6.07, 6.45) is 3.62. The van der Waals surface area contributed by atoms with Crippen molar-refractivity contribution in [2.24, 2.45) is 5.10 Å². The molecule has 1 amide bonds. The van der Waals surface area contributed by atoms with Crippen LogP contribution < -0.4 is 20.4 Å². The lowest BCUT2D eigenvalue weighted by Gasteiger charge is -2.39. The second-order valence-electron chi connectivity index (χ2n) is 9.02. The van der Waals surface area contributed by atoms with E-state index < -0.39 is 5.97 Å². The minimum absolute atomic E-state index is 0.108. The zero-order chi connectivity index (χ0) is 24.5. The molecule has 35 heavy (non-hydrogen) atoms. The van der Waals surface area contributed by atoms with Crippen molar-refractivity contribution in [3.63, 3.8) is 0 Å². The Kier molecular flexibility index (Phi) is 6.03. The first-order valence-corrected chi connectivity index (χ1v) is 11.8. The molecule has 0 saturated heterocycles. The number of aliphatic carboxylic acids is 1. The largest absolute Gasteiger partial charge is 0.483 e. The van der Waals surface area contributed by atoms with Crippen LogP contribution in [0.15, 0.2) is 59.7 Å². The molecule has 3 N–H and O–H groups in total. The maximum absolute atomic E-state index is 12.3. The van der Waals surface area contributed by atoms with Gasteiger partial charge in [0.1, 0.15) is 18.4 Å². The summed E-state index contributed by atoms with van der Waals surface area (Å²) in [4.78, 5) is 23.3. The predicted molar refractivity (Wildman–Crippen MR) is 137 cm³/mol. The van der Waals surface area contributed by atoms with E-state index in [1.54, 1.807) is 0 Å². The first kappa shape index (κ1) is 22.7. The number of carbonyl (C=O) groups is 2. The number of rotatable bonds is 3. The van der Waals surface area contributed by atoms with Crippen LogP contribution in [0.3, 0.4) is 0 Å². The monoisotopic (exact) mass is 472 g/mol. The molecule has 2 aliphatic heterocycles. The molecule has 180 valence electrons. The van der Waals surface area contributed by atoms with E-state index in [0.29, 0.717) is 12.6 Å². The molecule has 1 saturated carbocycles. The van der Waals surface area contributed by atoms with Crippen LogP contribution in [0.2, 0.25) is 0 Å². The quantitative estimate of drug-likeness (QED) is 0.515. The van der Waals surface area contributed by atoms with E-state index in [1.807, 2.05) is 11.8 Å². The molecule has 2 heterocycles. The van der Waals surface area contributed by atoms with Crippen molar-refractivity contribution >= 4 is 39.9 Å². The number of carboxylic acid groups (broad SMARTS) is 1. The number of hydrazone groups is 1. The molecule has 0 radical (unpaired) electrons. The number of carbonyl (C=O) groups excluding carboxylic acids is 1. The van der Waals surface area contributed by atoms with Crippen molar-refractivity contribution in [1.82, 2.24) is 5.43 Å². The number of nitrogens with one attached hydrogen (secondary N) is 2. The Hall–Kier alpha value is -4.07. The fourth-order valence-corrected chi connectivity index (χ4v) is 4.65. The van der Waals surface area contributed by atoms with Gasteiger partial charge < -0.3 is 20.1 Å². The molecule has 3 aromatic carbocycles. The van der Waals surface area contributed by atoms with Crippen LogP contribution in [0.5, 0.6) is 5.75 Å². The van der Waals surface area contributed by atoms with Crippen LogP contribution >= 0.6 is 0 Å². The first-order chi connectivity index (χ1) is 16.9. The third-order valence-electron chi connectivity index (χ3n) is 6.60. The lowest BCUT2D eigenvalue weighted by atomic mass is 9.91. The van der Waals surface area contributed by atoms with Crippen molar-refractivity contribution in [3.05, 3.63) is 54.6 Å². The van der Waals surface area contributed by atoms with Gasteiger partial charge in [-0.15, -0.1) is 0 Å². The molecule has 0 bridgehead atoms. The van der Waals surface area contributed by atoms with E-state index in [9.17, 15) is 4.79 Å². The van der Waals surface area contributed by atoms with Crippen molar-refractivity contribution < 1.29 is 19.4 Å². The number of fused-ring (bicyclic) bond motifs is 4. The maximum Gasteiger partial charge on any atom is 0.300 e. The molecule has 3 aromatic rings. The predicted octanol–water partition coefficient (Wildman–Crippen LogP) is 4.59. The molecule has 1 aliphatic carbocycles. The van der Waals surface area contributed by atoms with Gasteiger partial charge >= 0.3 is 0 Å². The molecular weight excluding hydrogens is 444 g/mol. The van der Waals surface area contributed by atoms with E-state index in [4.69, 9.17) is 14.6 Å². The Morgan fingerprint density at radius 2 is 1.89 bits per heavy atom. The molecule has 1 fully saturated rings. The molecule has 0 aromatic heterocycles. The van der Waals surface area contributed by atoms with E-state index in [2.05, 4.69) is 70.4 Å². The highest BCUT2D eigenvalue weighted by molar-refractivity contribution is 6.10. The van der Waals surface area contributed by atoms with Gasteiger partial charge in [-0.25, -0.2) is 5.43 Å². The molecular formula is C27H28N4O4. The summed E-state index contributed by atoms with van der Waals surface area (Å²) in [6, 6.07) is 19.3. The molecule has 3 aliphatic rings. The van der Waals surface area contributed by atoms with Gasteiger partial charge in [0, 0.05) is 24.2 Å². The third-order valence-corrected chi connectivity index (χ3v) is 6.60. The average Bonchev–Trinajstić information content (AvgIpc) is 2.82. The highest BCUT2D eigenvalue weighted by Crippen LogP contribution is 2.45. The van der Waals surface area contributed by atoms with Crippen LogP contribution in [0, 0.1) is 0 Å². The number of benzene rings is 3. The summed E-state index contributed by atoms with van der Waals surface area (Å²) in [6.45, 7) is 3.32. The van der Waals surface area contributed by atoms with Gasteiger partial charge in [-0.1, -0.05) is 42.5 Å². The molecule has 8 heteroatoms. The average molecular weight is 473 g/mol. The van der Waals surface area contributed by atoms with Crippen molar-refractivity contribution in [2.75, 3.05) is 16.8 Å². The lowest BCUT2D eigenvalue weighted by molar-refractivity contribution is -0.134. The number of carboxylic acids is 1. The Bertz CT molecular complexity index is 1320. The van der Waals surface area contributed by atoms with Crippen LogP contribution in [0.25, 0.3) is 21.9 Å². The first-order valence-electron chi connectivity index (χ1n) is 11.8. The summed E-state index contributed by atoms with van der Waals surface area (Å²) in [5.74, 6) is 0.568. The summed E-state index contributed by atoms with van der Waals surface area (Å²) in [5, 5.41) is 17.8. The molecule has 1 atom stereocenters. The number of hydrogen-bond donors (Lipinski definition) is 3. The summed E-state index contributed by atoms with van der Waals surface area (Å²) in [5.41, 5.74) is 6.85.